The van der Waals surface area contributed by atoms with E-state index in [1.165, 1.54) is 12.8 Å². The summed E-state index contributed by atoms with van der Waals surface area (Å²) >= 11 is 0. The molecular weight excluding hydrogens is 262 g/mol. The van der Waals surface area contributed by atoms with Crippen molar-refractivity contribution in [3.8, 4) is 5.75 Å². The molecule has 0 heterocycles. The van der Waals surface area contributed by atoms with Gasteiger partial charge in [0.15, 0.2) is 5.96 Å². The normalized spacial score (nSPS) is 15.1. The molecule has 4 nitrogen and oxygen atoms in total. The van der Waals surface area contributed by atoms with Crippen molar-refractivity contribution in [3.63, 3.8) is 0 Å². The minimum Gasteiger partial charge on any atom is -0.493 e. The number of aliphatic imine (C=N–C) groups is 1. The molecule has 21 heavy (non-hydrogen) atoms. The molecule has 0 radical (unpaired) electrons. The fourth-order valence-corrected chi connectivity index (χ4v) is 2.03. The highest BCUT2D eigenvalue weighted by Crippen LogP contribution is 2.30. The molecule has 2 rings (SSSR count). The van der Waals surface area contributed by atoms with Gasteiger partial charge in [0.05, 0.1) is 13.2 Å². The van der Waals surface area contributed by atoms with Gasteiger partial charge in [0.2, 0.25) is 0 Å². The Hall–Kier alpha value is -1.71. The number of rotatable bonds is 7. The molecule has 1 aromatic rings. The van der Waals surface area contributed by atoms with Gasteiger partial charge in [0.1, 0.15) is 5.75 Å². The Morgan fingerprint density at radius 2 is 2.10 bits per heavy atom. The van der Waals surface area contributed by atoms with Crippen LogP contribution in [-0.4, -0.2) is 25.2 Å². The Morgan fingerprint density at radius 3 is 2.76 bits per heavy atom. The molecule has 0 aliphatic heterocycles. The monoisotopic (exact) mass is 289 g/mol. The molecule has 2 N–H and O–H groups in total. The Kier molecular flexibility index (Phi) is 5.90. The van der Waals surface area contributed by atoms with Gasteiger partial charge in [-0.3, -0.25) is 0 Å². The average Bonchev–Trinajstić information content (AvgIpc) is 3.27. The summed E-state index contributed by atoms with van der Waals surface area (Å²) in [5, 5.41) is 6.59. The first-order valence-electron chi connectivity index (χ1n) is 7.94. The quantitative estimate of drug-likeness (QED) is 0.599. The van der Waals surface area contributed by atoms with Gasteiger partial charge in [0, 0.05) is 18.2 Å². The van der Waals surface area contributed by atoms with Gasteiger partial charge in [0.25, 0.3) is 0 Å². The first kappa shape index (κ1) is 15.7. The lowest BCUT2D eigenvalue weighted by atomic mass is 10.2. The Labute approximate surface area is 128 Å². The van der Waals surface area contributed by atoms with E-state index >= 15 is 0 Å². The maximum Gasteiger partial charge on any atom is 0.191 e. The third-order valence-corrected chi connectivity index (χ3v) is 3.32. The van der Waals surface area contributed by atoms with E-state index in [-0.39, 0.29) is 0 Å². The highest BCUT2D eigenvalue weighted by atomic mass is 16.5. The van der Waals surface area contributed by atoms with Crippen molar-refractivity contribution in [3.05, 3.63) is 29.8 Å². The second-order valence-electron chi connectivity index (χ2n) is 5.86. The van der Waals surface area contributed by atoms with Crippen LogP contribution in [0.3, 0.4) is 0 Å². The molecule has 0 bridgehead atoms. The zero-order valence-corrected chi connectivity index (χ0v) is 13.4. The molecule has 0 aromatic heterocycles. The number of ether oxygens (including phenoxy) is 1. The van der Waals surface area contributed by atoms with E-state index in [0.29, 0.717) is 12.6 Å². The molecule has 0 spiro atoms. The highest BCUT2D eigenvalue weighted by Gasteiger charge is 2.22. The van der Waals surface area contributed by atoms with Crippen molar-refractivity contribution in [2.45, 2.75) is 46.2 Å². The number of benzene rings is 1. The standard InChI is InChI=1S/C17H27N3O/c1-4-18-17(20-13(2)3)19-11-15-7-5-6-8-16(15)21-12-14-9-10-14/h5-8,13-14H,4,9-12H2,1-3H3,(H2,18,19,20). The van der Waals surface area contributed by atoms with Crippen LogP contribution in [0.5, 0.6) is 5.75 Å². The van der Waals surface area contributed by atoms with Crippen LogP contribution in [0.25, 0.3) is 0 Å². The summed E-state index contributed by atoms with van der Waals surface area (Å²) in [4.78, 5) is 4.64. The molecule has 0 amide bonds. The average molecular weight is 289 g/mol. The molecule has 1 aromatic carbocycles. The molecule has 1 aliphatic rings. The predicted octanol–water partition coefficient (Wildman–Crippen LogP) is 2.94. The van der Waals surface area contributed by atoms with Gasteiger partial charge in [-0.05, 0) is 45.6 Å². The van der Waals surface area contributed by atoms with Crippen molar-refractivity contribution in [2.24, 2.45) is 10.9 Å². The molecular formula is C17H27N3O. The second kappa shape index (κ2) is 7.91. The van der Waals surface area contributed by atoms with Crippen LogP contribution in [0.2, 0.25) is 0 Å². The number of hydrogen-bond acceptors (Lipinski definition) is 2. The first-order valence-corrected chi connectivity index (χ1v) is 7.94. The number of guanidine groups is 1. The van der Waals surface area contributed by atoms with E-state index in [1.807, 2.05) is 18.2 Å². The van der Waals surface area contributed by atoms with E-state index in [9.17, 15) is 0 Å². The number of nitrogens with one attached hydrogen (secondary N) is 2. The molecule has 0 saturated heterocycles. The van der Waals surface area contributed by atoms with Crippen LogP contribution >= 0.6 is 0 Å². The topological polar surface area (TPSA) is 45.7 Å². The highest BCUT2D eigenvalue weighted by molar-refractivity contribution is 5.80. The molecule has 4 heteroatoms. The van der Waals surface area contributed by atoms with E-state index in [1.54, 1.807) is 0 Å². The largest absolute Gasteiger partial charge is 0.493 e. The Morgan fingerprint density at radius 1 is 1.33 bits per heavy atom. The minimum atomic E-state index is 0.365. The Bertz CT molecular complexity index is 467. The number of hydrogen-bond donors (Lipinski definition) is 2. The lowest BCUT2D eigenvalue weighted by Gasteiger charge is -2.15. The molecule has 0 atom stereocenters. The van der Waals surface area contributed by atoms with Crippen LogP contribution in [0.15, 0.2) is 29.3 Å². The lowest BCUT2D eigenvalue weighted by molar-refractivity contribution is 0.297. The van der Waals surface area contributed by atoms with Crippen molar-refractivity contribution in [1.29, 1.82) is 0 Å². The smallest absolute Gasteiger partial charge is 0.191 e. The van der Waals surface area contributed by atoms with Gasteiger partial charge in [-0.2, -0.15) is 0 Å². The van der Waals surface area contributed by atoms with E-state index in [2.05, 4.69) is 42.5 Å². The third-order valence-electron chi connectivity index (χ3n) is 3.32. The second-order valence-corrected chi connectivity index (χ2v) is 5.86. The van der Waals surface area contributed by atoms with Crippen LogP contribution in [-0.2, 0) is 6.54 Å². The van der Waals surface area contributed by atoms with Gasteiger partial charge in [-0.25, -0.2) is 4.99 Å². The van der Waals surface area contributed by atoms with Crippen molar-refractivity contribution < 1.29 is 4.74 Å². The van der Waals surface area contributed by atoms with Crippen LogP contribution in [0.1, 0.15) is 39.2 Å². The minimum absolute atomic E-state index is 0.365. The zero-order chi connectivity index (χ0) is 15.1. The molecule has 116 valence electrons. The van der Waals surface area contributed by atoms with E-state index < -0.39 is 0 Å². The van der Waals surface area contributed by atoms with Gasteiger partial charge in [-0.1, -0.05) is 18.2 Å². The summed E-state index contributed by atoms with van der Waals surface area (Å²) in [6, 6.07) is 8.55. The summed E-state index contributed by atoms with van der Waals surface area (Å²) < 4.78 is 5.92. The van der Waals surface area contributed by atoms with Gasteiger partial charge >= 0.3 is 0 Å². The van der Waals surface area contributed by atoms with Crippen molar-refractivity contribution in [1.82, 2.24) is 10.6 Å². The maximum atomic E-state index is 5.92. The molecule has 1 saturated carbocycles. The summed E-state index contributed by atoms with van der Waals surface area (Å²) in [5.74, 6) is 2.58. The predicted molar refractivity (Wildman–Crippen MR) is 87.7 cm³/mol. The summed E-state index contributed by atoms with van der Waals surface area (Å²) in [6.07, 6.45) is 2.62. The summed E-state index contributed by atoms with van der Waals surface area (Å²) in [5.41, 5.74) is 1.14. The zero-order valence-electron chi connectivity index (χ0n) is 13.4. The van der Waals surface area contributed by atoms with E-state index in [0.717, 1.165) is 36.3 Å². The number of para-hydroxylation sites is 1. The molecule has 1 aliphatic carbocycles. The van der Waals surface area contributed by atoms with Crippen LogP contribution in [0.4, 0.5) is 0 Å². The Balaban J connectivity index is 1.98. The summed E-state index contributed by atoms with van der Waals surface area (Å²) in [7, 11) is 0. The fraction of sp³-hybridized carbons (Fsp3) is 0.588. The summed E-state index contributed by atoms with van der Waals surface area (Å²) in [6.45, 7) is 8.62. The van der Waals surface area contributed by atoms with Gasteiger partial charge in [-0.15, -0.1) is 0 Å². The fourth-order valence-electron chi connectivity index (χ4n) is 2.03. The lowest BCUT2D eigenvalue weighted by Crippen LogP contribution is -2.41. The van der Waals surface area contributed by atoms with Gasteiger partial charge < -0.3 is 15.4 Å². The SMILES string of the molecule is CCNC(=NCc1ccccc1OCC1CC1)NC(C)C. The van der Waals surface area contributed by atoms with Crippen LogP contribution < -0.4 is 15.4 Å². The van der Waals surface area contributed by atoms with Crippen LogP contribution in [0, 0.1) is 5.92 Å². The molecule has 0 unspecified atom stereocenters. The first-order chi connectivity index (χ1) is 10.2. The van der Waals surface area contributed by atoms with Crippen molar-refractivity contribution >= 4 is 5.96 Å². The van der Waals surface area contributed by atoms with E-state index in [4.69, 9.17) is 4.74 Å². The van der Waals surface area contributed by atoms with Crippen molar-refractivity contribution in [2.75, 3.05) is 13.2 Å². The maximum absolute atomic E-state index is 5.92. The number of nitrogens with zero attached hydrogens (tertiary/aromatic N) is 1. The molecule has 1 fully saturated rings. The third kappa shape index (κ3) is 5.66.